The highest BCUT2D eigenvalue weighted by Gasteiger charge is 2.22. The van der Waals surface area contributed by atoms with Crippen molar-refractivity contribution in [2.24, 2.45) is 0 Å². The number of amides is 2. The first-order valence-corrected chi connectivity index (χ1v) is 9.43. The molecule has 136 valence electrons. The monoisotopic (exact) mass is 350 g/mol. The Bertz CT molecular complexity index is 785. The van der Waals surface area contributed by atoms with E-state index in [9.17, 15) is 9.59 Å². The van der Waals surface area contributed by atoms with Gasteiger partial charge in [-0.25, -0.2) is 0 Å². The number of hydrogen-bond acceptors (Lipinski definition) is 2. The largest absolute Gasteiger partial charge is 0.352 e. The van der Waals surface area contributed by atoms with Crippen molar-refractivity contribution in [3.8, 4) is 0 Å². The number of rotatable bonds is 6. The zero-order chi connectivity index (χ0) is 18.4. The Morgan fingerprint density at radius 2 is 1.77 bits per heavy atom. The highest BCUT2D eigenvalue weighted by molar-refractivity contribution is 5.99. The van der Waals surface area contributed by atoms with Gasteiger partial charge < -0.3 is 10.2 Å². The fourth-order valence-electron chi connectivity index (χ4n) is 3.32. The van der Waals surface area contributed by atoms with E-state index < -0.39 is 0 Å². The summed E-state index contributed by atoms with van der Waals surface area (Å²) in [4.78, 5) is 27.0. The third-order valence-corrected chi connectivity index (χ3v) is 4.86. The van der Waals surface area contributed by atoms with Gasteiger partial charge in [-0.3, -0.25) is 9.59 Å². The Balaban J connectivity index is 1.66. The van der Waals surface area contributed by atoms with Crippen molar-refractivity contribution < 1.29 is 9.59 Å². The molecule has 0 bridgehead atoms. The van der Waals surface area contributed by atoms with Gasteiger partial charge in [0.15, 0.2) is 0 Å². The van der Waals surface area contributed by atoms with Crippen molar-refractivity contribution in [2.75, 3.05) is 13.1 Å². The van der Waals surface area contributed by atoms with Gasteiger partial charge in [-0.05, 0) is 42.2 Å². The number of unbranched alkanes of at least 4 members (excludes halogenated alkanes) is 2. The molecule has 0 unspecified atom stereocenters. The van der Waals surface area contributed by atoms with Crippen molar-refractivity contribution in [2.45, 2.75) is 39.2 Å². The highest BCUT2D eigenvalue weighted by Crippen LogP contribution is 2.20. The van der Waals surface area contributed by atoms with Gasteiger partial charge in [0.1, 0.15) is 0 Å². The second-order valence-electron chi connectivity index (χ2n) is 6.79. The van der Waals surface area contributed by atoms with E-state index in [2.05, 4.69) is 24.4 Å². The van der Waals surface area contributed by atoms with Crippen LogP contribution < -0.4 is 5.32 Å². The number of fused-ring (bicyclic) bond motifs is 1. The molecule has 1 N–H and O–H groups in total. The van der Waals surface area contributed by atoms with Crippen LogP contribution in [0.3, 0.4) is 0 Å². The summed E-state index contributed by atoms with van der Waals surface area (Å²) in [5, 5.41) is 2.93. The van der Waals surface area contributed by atoms with Crippen LogP contribution in [0.4, 0.5) is 0 Å². The Morgan fingerprint density at radius 1 is 1.00 bits per heavy atom. The molecule has 2 aromatic rings. The zero-order valence-corrected chi connectivity index (χ0v) is 15.3. The second kappa shape index (κ2) is 8.65. The van der Waals surface area contributed by atoms with E-state index in [1.807, 2.05) is 17.0 Å². The Kier molecular flexibility index (Phi) is 6.05. The molecule has 1 aliphatic heterocycles. The first kappa shape index (κ1) is 18.2. The predicted octanol–water partition coefficient (Wildman–Crippen LogP) is 3.81. The molecule has 2 amide bonds. The molecule has 4 nitrogen and oxygen atoms in total. The van der Waals surface area contributed by atoms with Crippen molar-refractivity contribution >= 4 is 11.8 Å². The average Bonchev–Trinajstić information content (AvgIpc) is 2.70. The van der Waals surface area contributed by atoms with Crippen LogP contribution in [-0.4, -0.2) is 29.8 Å². The van der Waals surface area contributed by atoms with E-state index in [0.29, 0.717) is 30.8 Å². The standard InChI is InChI=1S/C22H26N2O2/c1-2-3-6-13-23-21(25)18-10-7-11-19(15-18)22(26)24-14-12-17-8-4-5-9-20(17)16-24/h4-5,7-11,15H,2-3,6,12-14,16H2,1H3,(H,23,25). The van der Waals surface area contributed by atoms with Crippen molar-refractivity contribution in [3.05, 3.63) is 70.8 Å². The Labute approximate surface area is 155 Å². The van der Waals surface area contributed by atoms with E-state index >= 15 is 0 Å². The topological polar surface area (TPSA) is 49.4 Å². The van der Waals surface area contributed by atoms with Crippen LogP contribution in [0.5, 0.6) is 0 Å². The molecule has 26 heavy (non-hydrogen) atoms. The van der Waals surface area contributed by atoms with E-state index in [1.165, 1.54) is 11.1 Å². The van der Waals surface area contributed by atoms with Crippen LogP contribution in [0.1, 0.15) is 58.0 Å². The van der Waals surface area contributed by atoms with Crippen LogP contribution in [0, 0.1) is 0 Å². The van der Waals surface area contributed by atoms with Crippen LogP contribution in [0.15, 0.2) is 48.5 Å². The zero-order valence-electron chi connectivity index (χ0n) is 15.3. The number of benzene rings is 2. The lowest BCUT2D eigenvalue weighted by molar-refractivity contribution is 0.0734. The lowest BCUT2D eigenvalue weighted by Gasteiger charge is -2.29. The summed E-state index contributed by atoms with van der Waals surface area (Å²) in [5.41, 5.74) is 3.64. The Hall–Kier alpha value is -2.62. The van der Waals surface area contributed by atoms with Gasteiger partial charge >= 0.3 is 0 Å². The molecule has 0 aromatic heterocycles. The minimum Gasteiger partial charge on any atom is -0.352 e. The summed E-state index contributed by atoms with van der Waals surface area (Å²) in [6.07, 6.45) is 4.08. The molecular weight excluding hydrogens is 324 g/mol. The fourth-order valence-corrected chi connectivity index (χ4v) is 3.32. The summed E-state index contributed by atoms with van der Waals surface area (Å²) < 4.78 is 0. The number of carbonyl (C=O) groups is 2. The number of nitrogens with zero attached hydrogens (tertiary/aromatic N) is 1. The van der Waals surface area contributed by atoms with Crippen molar-refractivity contribution in [3.63, 3.8) is 0 Å². The third kappa shape index (κ3) is 4.31. The van der Waals surface area contributed by atoms with E-state index in [-0.39, 0.29) is 11.8 Å². The molecule has 0 atom stereocenters. The van der Waals surface area contributed by atoms with Gasteiger partial charge in [0.2, 0.25) is 0 Å². The summed E-state index contributed by atoms with van der Waals surface area (Å²) in [5.74, 6) is -0.125. The molecule has 3 rings (SSSR count). The van der Waals surface area contributed by atoms with Gasteiger partial charge in [-0.1, -0.05) is 50.1 Å². The smallest absolute Gasteiger partial charge is 0.254 e. The first-order valence-electron chi connectivity index (χ1n) is 9.43. The van der Waals surface area contributed by atoms with Gasteiger partial charge in [0.05, 0.1) is 0 Å². The third-order valence-electron chi connectivity index (χ3n) is 4.86. The molecular formula is C22H26N2O2. The summed E-state index contributed by atoms with van der Waals surface area (Å²) in [7, 11) is 0. The number of carbonyl (C=O) groups excluding carboxylic acids is 2. The minimum absolute atomic E-state index is 0.0138. The molecule has 0 radical (unpaired) electrons. The van der Waals surface area contributed by atoms with Crippen molar-refractivity contribution in [1.29, 1.82) is 0 Å². The van der Waals surface area contributed by atoms with Crippen molar-refractivity contribution in [1.82, 2.24) is 10.2 Å². The molecule has 4 heteroatoms. The number of nitrogens with one attached hydrogen (secondary N) is 1. The SMILES string of the molecule is CCCCCNC(=O)c1cccc(C(=O)N2CCc3ccccc3C2)c1. The van der Waals surface area contributed by atoms with Crippen LogP contribution >= 0.6 is 0 Å². The van der Waals surface area contributed by atoms with Gasteiger partial charge in [0, 0.05) is 30.8 Å². The minimum atomic E-state index is -0.111. The molecule has 1 aliphatic rings. The predicted molar refractivity (Wildman–Crippen MR) is 103 cm³/mol. The molecule has 0 saturated carbocycles. The van der Waals surface area contributed by atoms with Crippen LogP contribution in [0.25, 0.3) is 0 Å². The number of hydrogen-bond donors (Lipinski definition) is 1. The summed E-state index contributed by atoms with van der Waals surface area (Å²) in [6, 6.07) is 15.3. The molecule has 0 aliphatic carbocycles. The molecule has 0 spiro atoms. The molecule has 0 saturated heterocycles. The lowest BCUT2D eigenvalue weighted by atomic mass is 9.99. The van der Waals surface area contributed by atoms with Gasteiger partial charge in [0.25, 0.3) is 11.8 Å². The summed E-state index contributed by atoms with van der Waals surface area (Å²) in [6.45, 7) is 4.15. The average molecular weight is 350 g/mol. The molecule has 0 fully saturated rings. The van der Waals surface area contributed by atoms with Gasteiger partial charge in [-0.2, -0.15) is 0 Å². The highest BCUT2D eigenvalue weighted by atomic mass is 16.2. The Morgan fingerprint density at radius 3 is 2.58 bits per heavy atom. The lowest BCUT2D eigenvalue weighted by Crippen LogP contribution is -2.36. The van der Waals surface area contributed by atoms with E-state index in [1.54, 1.807) is 24.3 Å². The van der Waals surface area contributed by atoms with Crippen LogP contribution in [0.2, 0.25) is 0 Å². The van der Waals surface area contributed by atoms with Gasteiger partial charge in [-0.15, -0.1) is 0 Å². The molecule has 2 aromatic carbocycles. The first-order chi connectivity index (χ1) is 12.7. The maximum Gasteiger partial charge on any atom is 0.254 e. The summed E-state index contributed by atoms with van der Waals surface area (Å²) >= 11 is 0. The normalized spacial score (nSPS) is 13.2. The molecule has 1 heterocycles. The second-order valence-corrected chi connectivity index (χ2v) is 6.79. The quantitative estimate of drug-likeness (QED) is 0.806. The fraction of sp³-hybridized carbons (Fsp3) is 0.364. The maximum atomic E-state index is 12.9. The van der Waals surface area contributed by atoms with Crippen LogP contribution in [-0.2, 0) is 13.0 Å². The maximum absolute atomic E-state index is 12.9. The van der Waals surface area contributed by atoms with E-state index in [0.717, 1.165) is 25.7 Å². The van der Waals surface area contributed by atoms with E-state index in [4.69, 9.17) is 0 Å².